The number of nitriles is 1. The van der Waals surface area contributed by atoms with Gasteiger partial charge in [-0.15, -0.1) is 0 Å². The Balaban J connectivity index is 3.01. The van der Waals surface area contributed by atoms with Gasteiger partial charge in [0.05, 0.1) is 0 Å². The monoisotopic (exact) mass is 213 g/mol. The molecular weight excluding hydrogens is 198 g/mol. The maximum atomic E-state index is 9.24. The normalized spacial score (nSPS) is 10.7. The van der Waals surface area contributed by atoms with E-state index in [-0.39, 0.29) is 0 Å². The summed E-state index contributed by atoms with van der Waals surface area (Å²) in [4.78, 5) is 4.48. The lowest BCUT2D eigenvalue weighted by Gasteiger charge is -2.04. The first-order valence-electron chi connectivity index (χ1n) is 5.48. The molecule has 3 heteroatoms. The predicted molar refractivity (Wildman–Crippen MR) is 63.5 cm³/mol. The Kier molecular flexibility index (Phi) is 2.43. The largest absolute Gasteiger partial charge is 0.302 e. The summed E-state index contributed by atoms with van der Waals surface area (Å²) in [6.45, 7) is 8.14. The van der Waals surface area contributed by atoms with E-state index in [9.17, 15) is 5.26 Å². The Morgan fingerprint density at radius 2 is 2.06 bits per heavy atom. The van der Waals surface area contributed by atoms with Gasteiger partial charge >= 0.3 is 0 Å². The quantitative estimate of drug-likeness (QED) is 0.730. The second-order valence-corrected chi connectivity index (χ2v) is 4.10. The molecule has 2 rings (SSSR count). The third kappa shape index (κ3) is 1.30. The van der Waals surface area contributed by atoms with Crippen LogP contribution < -0.4 is 0 Å². The van der Waals surface area contributed by atoms with E-state index in [1.165, 1.54) is 0 Å². The fourth-order valence-corrected chi connectivity index (χ4v) is 2.38. The molecule has 0 saturated heterocycles. The zero-order valence-corrected chi connectivity index (χ0v) is 10.1. The van der Waals surface area contributed by atoms with Crippen molar-refractivity contribution < 1.29 is 0 Å². The summed E-state index contributed by atoms with van der Waals surface area (Å²) in [5.41, 5.74) is 5.88. The molecule has 0 spiro atoms. The van der Waals surface area contributed by atoms with Gasteiger partial charge in [-0.3, -0.25) is 0 Å². The molecular formula is C13H15N3. The lowest BCUT2D eigenvalue weighted by molar-refractivity contribution is 0.970. The molecule has 0 aliphatic carbocycles. The van der Waals surface area contributed by atoms with E-state index in [1.807, 2.05) is 13.0 Å². The third-order valence-electron chi connectivity index (χ3n) is 3.03. The first-order chi connectivity index (χ1) is 7.60. The average molecular weight is 213 g/mol. The minimum Gasteiger partial charge on any atom is -0.302 e. The van der Waals surface area contributed by atoms with Crippen LogP contribution in [0.1, 0.15) is 35.1 Å². The summed E-state index contributed by atoms with van der Waals surface area (Å²) < 4.78 is 2.07. The molecule has 2 aromatic rings. The summed E-state index contributed by atoms with van der Waals surface area (Å²) >= 11 is 0. The lowest BCUT2D eigenvalue weighted by Crippen LogP contribution is -1.97. The van der Waals surface area contributed by atoms with Crippen molar-refractivity contribution in [3.8, 4) is 6.07 Å². The highest BCUT2D eigenvalue weighted by molar-refractivity contribution is 5.64. The van der Waals surface area contributed by atoms with Crippen LogP contribution in [0.15, 0.2) is 6.07 Å². The third-order valence-corrected chi connectivity index (χ3v) is 3.03. The number of hydrogen-bond donors (Lipinski definition) is 0. The molecule has 0 aromatic carbocycles. The number of aryl methyl sites for hydroxylation is 3. The Morgan fingerprint density at radius 3 is 2.62 bits per heavy atom. The van der Waals surface area contributed by atoms with Gasteiger partial charge in [-0.2, -0.15) is 5.26 Å². The van der Waals surface area contributed by atoms with E-state index in [0.29, 0.717) is 0 Å². The fourth-order valence-electron chi connectivity index (χ4n) is 2.38. The first-order valence-corrected chi connectivity index (χ1v) is 5.48. The average Bonchev–Trinajstić information content (AvgIpc) is 2.50. The summed E-state index contributed by atoms with van der Waals surface area (Å²) in [7, 11) is 0. The smallest absolute Gasteiger partial charge is 0.155 e. The summed E-state index contributed by atoms with van der Waals surface area (Å²) in [5.74, 6) is 0. The van der Waals surface area contributed by atoms with Crippen molar-refractivity contribution in [3.05, 3.63) is 34.3 Å². The lowest BCUT2D eigenvalue weighted by atomic mass is 10.1. The van der Waals surface area contributed by atoms with Gasteiger partial charge in [0, 0.05) is 17.1 Å². The number of rotatable bonds is 1. The Hall–Kier alpha value is -1.82. The SMILES string of the molecule is CCc1c(C#N)c2nc(C)cc(C)n2c1C. The van der Waals surface area contributed by atoms with Gasteiger partial charge in [0.15, 0.2) is 5.65 Å². The van der Waals surface area contributed by atoms with Crippen LogP contribution in [-0.2, 0) is 6.42 Å². The van der Waals surface area contributed by atoms with Crippen molar-refractivity contribution in [2.24, 2.45) is 0 Å². The molecule has 0 amide bonds. The Bertz CT molecular complexity index is 600. The van der Waals surface area contributed by atoms with Crippen LogP contribution in [0.5, 0.6) is 0 Å². The van der Waals surface area contributed by atoms with Gasteiger partial charge in [-0.05, 0) is 38.8 Å². The van der Waals surface area contributed by atoms with Gasteiger partial charge in [-0.25, -0.2) is 4.98 Å². The predicted octanol–water partition coefficient (Wildman–Crippen LogP) is 2.69. The number of fused-ring (bicyclic) bond motifs is 1. The first kappa shape index (κ1) is 10.7. The number of nitrogens with zero attached hydrogens (tertiary/aromatic N) is 3. The van der Waals surface area contributed by atoms with Gasteiger partial charge in [-0.1, -0.05) is 6.92 Å². The molecule has 0 N–H and O–H groups in total. The van der Waals surface area contributed by atoms with Crippen molar-refractivity contribution >= 4 is 5.65 Å². The molecule has 3 nitrogen and oxygen atoms in total. The zero-order chi connectivity index (χ0) is 11.9. The summed E-state index contributed by atoms with van der Waals surface area (Å²) in [6.07, 6.45) is 0.872. The fraction of sp³-hybridized carbons (Fsp3) is 0.385. The molecule has 2 aromatic heterocycles. The maximum absolute atomic E-state index is 9.24. The number of hydrogen-bond acceptors (Lipinski definition) is 2. The molecule has 2 heterocycles. The standard InChI is InChI=1S/C13H15N3/c1-5-11-10(4)16-9(3)6-8(2)15-13(16)12(11)7-14/h6H,5H2,1-4H3. The van der Waals surface area contributed by atoms with Crippen LogP contribution >= 0.6 is 0 Å². The van der Waals surface area contributed by atoms with E-state index in [2.05, 4.69) is 36.2 Å². The Labute approximate surface area is 95.4 Å². The van der Waals surface area contributed by atoms with Gasteiger partial charge < -0.3 is 4.40 Å². The van der Waals surface area contributed by atoms with Crippen molar-refractivity contribution in [2.75, 3.05) is 0 Å². The highest BCUT2D eigenvalue weighted by atomic mass is 15.0. The van der Waals surface area contributed by atoms with E-state index in [0.717, 1.165) is 40.3 Å². The second-order valence-electron chi connectivity index (χ2n) is 4.10. The van der Waals surface area contributed by atoms with E-state index in [4.69, 9.17) is 0 Å². The molecule has 82 valence electrons. The van der Waals surface area contributed by atoms with Crippen LogP contribution in [0.3, 0.4) is 0 Å². The second kappa shape index (κ2) is 3.64. The molecule has 0 fully saturated rings. The molecule has 0 unspecified atom stereocenters. The molecule has 0 radical (unpaired) electrons. The molecule has 0 atom stereocenters. The van der Waals surface area contributed by atoms with E-state index >= 15 is 0 Å². The topological polar surface area (TPSA) is 41.1 Å². The van der Waals surface area contributed by atoms with Crippen molar-refractivity contribution in [1.82, 2.24) is 9.38 Å². The number of aromatic nitrogens is 2. The molecule has 0 saturated carbocycles. The van der Waals surface area contributed by atoms with Crippen molar-refractivity contribution in [2.45, 2.75) is 34.1 Å². The van der Waals surface area contributed by atoms with Crippen LogP contribution in [0.25, 0.3) is 5.65 Å². The van der Waals surface area contributed by atoms with Crippen LogP contribution in [0.2, 0.25) is 0 Å². The summed E-state index contributed by atoms with van der Waals surface area (Å²) in [6, 6.07) is 4.32. The molecule has 0 aliphatic rings. The van der Waals surface area contributed by atoms with E-state index < -0.39 is 0 Å². The van der Waals surface area contributed by atoms with Gasteiger partial charge in [0.2, 0.25) is 0 Å². The van der Waals surface area contributed by atoms with Crippen molar-refractivity contribution in [3.63, 3.8) is 0 Å². The summed E-state index contributed by atoms with van der Waals surface area (Å²) in [5, 5.41) is 9.24. The van der Waals surface area contributed by atoms with Crippen LogP contribution in [-0.4, -0.2) is 9.38 Å². The van der Waals surface area contributed by atoms with Gasteiger partial charge in [0.1, 0.15) is 11.6 Å². The van der Waals surface area contributed by atoms with E-state index in [1.54, 1.807) is 0 Å². The highest BCUT2D eigenvalue weighted by Crippen LogP contribution is 2.23. The van der Waals surface area contributed by atoms with Gasteiger partial charge in [0.25, 0.3) is 0 Å². The minimum atomic E-state index is 0.729. The van der Waals surface area contributed by atoms with Crippen LogP contribution in [0, 0.1) is 32.1 Å². The minimum absolute atomic E-state index is 0.729. The van der Waals surface area contributed by atoms with Crippen molar-refractivity contribution in [1.29, 1.82) is 5.26 Å². The maximum Gasteiger partial charge on any atom is 0.155 e. The molecule has 0 aliphatic heterocycles. The van der Waals surface area contributed by atoms with Crippen LogP contribution in [0.4, 0.5) is 0 Å². The highest BCUT2D eigenvalue weighted by Gasteiger charge is 2.16. The molecule has 16 heavy (non-hydrogen) atoms. The molecule has 0 bridgehead atoms. The Morgan fingerprint density at radius 1 is 1.38 bits per heavy atom. The zero-order valence-electron chi connectivity index (χ0n) is 10.1.